The van der Waals surface area contributed by atoms with Gasteiger partial charge in [0.15, 0.2) is 0 Å². The molecule has 0 radical (unpaired) electrons. The Labute approximate surface area is 353 Å². The molecule has 0 unspecified atom stereocenters. The Kier molecular flexibility index (Phi) is 12.2. The first kappa shape index (κ1) is 39.1. The fraction of sp³-hybridized carbons (Fsp3) is 0.0351. The molecule has 1 N–H and O–H groups in total. The second kappa shape index (κ2) is 18.7. The third-order valence-corrected chi connectivity index (χ3v) is 10.5. The molecule has 0 aliphatic carbocycles. The molecule has 8 aromatic rings. The molecule has 0 aliphatic rings. The number of anilines is 1. The van der Waals surface area contributed by atoms with Crippen molar-refractivity contribution < 1.29 is 9.53 Å². The number of carbonyl (C=O) groups is 1. The van der Waals surface area contributed by atoms with E-state index in [4.69, 9.17) is 4.74 Å². The molecule has 0 fully saturated rings. The number of rotatable bonds is 12. The highest BCUT2D eigenvalue weighted by atomic mass is 16.5. The van der Waals surface area contributed by atoms with Crippen LogP contribution in [0.5, 0.6) is 5.75 Å². The van der Waals surface area contributed by atoms with E-state index < -0.39 is 0 Å². The van der Waals surface area contributed by atoms with Gasteiger partial charge in [0.2, 0.25) is 0 Å². The molecule has 290 valence electrons. The Balaban J connectivity index is 1.62. The zero-order valence-electron chi connectivity index (χ0n) is 33.8. The van der Waals surface area contributed by atoms with Crippen LogP contribution in [0.3, 0.4) is 0 Å². The molecule has 0 spiro atoms. The number of benzene rings is 8. The summed E-state index contributed by atoms with van der Waals surface area (Å²) in [6.45, 7) is 2.12. The van der Waals surface area contributed by atoms with Crippen LogP contribution in [-0.2, 0) is 4.79 Å². The Bertz CT molecular complexity index is 2760. The van der Waals surface area contributed by atoms with Gasteiger partial charge in [0.1, 0.15) is 5.75 Å². The summed E-state index contributed by atoms with van der Waals surface area (Å²) in [4.78, 5) is 15.4. The van der Waals surface area contributed by atoms with E-state index in [9.17, 15) is 0 Å². The molecule has 0 aliphatic heterocycles. The highest BCUT2D eigenvalue weighted by Gasteiger charge is 2.29. The van der Waals surface area contributed by atoms with Crippen molar-refractivity contribution in [3.63, 3.8) is 0 Å². The van der Waals surface area contributed by atoms with E-state index in [1.807, 2.05) is 78.9 Å². The zero-order chi connectivity index (χ0) is 41.1. The average Bonchev–Trinajstić information content (AvgIpc) is 3.32. The lowest BCUT2D eigenvalue weighted by Gasteiger charge is -2.27. The van der Waals surface area contributed by atoms with Crippen LogP contribution in [0.2, 0.25) is 0 Å². The van der Waals surface area contributed by atoms with E-state index in [1.165, 1.54) is 5.56 Å². The van der Waals surface area contributed by atoms with Crippen LogP contribution < -0.4 is 10.1 Å². The van der Waals surface area contributed by atoms with Gasteiger partial charge < -0.3 is 10.1 Å². The van der Waals surface area contributed by atoms with Crippen molar-refractivity contribution in [2.45, 2.75) is 6.92 Å². The average molecular weight is 776 g/mol. The lowest BCUT2D eigenvalue weighted by molar-refractivity contribution is -0.111. The van der Waals surface area contributed by atoms with Gasteiger partial charge in [-0.3, -0.25) is 4.79 Å². The second-order valence-electron chi connectivity index (χ2n) is 14.5. The Morgan fingerprint density at radius 1 is 0.350 bits per heavy atom. The maximum Gasteiger partial charge on any atom is 0.256 e. The van der Waals surface area contributed by atoms with E-state index in [-0.39, 0.29) is 5.91 Å². The molecule has 3 heteroatoms. The molecule has 8 aromatic carbocycles. The molecule has 8 rings (SSSR count). The minimum absolute atomic E-state index is 0.238. The molecule has 0 bridgehead atoms. The van der Waals surface area contributed by atoms with Gasteiger partial charge >= 0.3 is 0 Å². The second-order valence-corrected chi connectivity index (χ2v) is 14.5. The highest BCUT2D eigenvalue weighted by molar-refractivity contribution is 6.41. The van der Waals surface area contributed by atoms with Crippen LogP contribution >= 0.6 is 0 Å². The molecule has 0 atom stereocenters. The Morgan fingerprint density at radius 2 is 0.667 bits per heavy atom. The molecule has 0 heterocycles. The van der Waals surface area contributed by atoms with Gasteiger partial charge in [0, 0.05) is 11.3 Å². The van der Waals surface area contributed by atoms with Gasteiger partial charge in [0.05, 0.1) is 12.7 Å². The predicted molar refractivity (Wildman–Crippen MR) is 251 cm³/mol. The third kappa shape index (κ3) is 8.72. The van der Waals surface area contributed by atoms with E-state index in [1.54, 1.807) is 7.11 Å². The normalized spacial score (nSPS) is 12.4. The smallest absolute Gasteiger partial charge is 0.256 e. The van der Waals surface area contributed by atoms with Gasteiger partial charge in [-0.05, 0) is 92.4 Å². The highest BCUT2D eigenvalue weighted by Crippen LogP contribution is 2.50. The summed E-state index contributed by atoms with van der Waals surface area (Å²) in [7, 11) is 1.64. The summed E-state index contributed by atoms with van der Waals surface area (Å²) in [5, 5.41) is 3.28. The largest absolute Gasteiger partial charge is 0.497 e. The maximum absolute atomic E-state index is 15.4. The van der Waals surface area contributed by atoms with Gasteiger partial charge in [-0.1, -0.05) is 212 Å². The SMILES string of the molecule is COc1ccc(NC(=O)\C(=C(/C(=C(\C(=C(\c2ccccc2)c2ccc(C)cc2)c2ccccc2)c2ccccc2)c2ccccc2)c2ccccc2)c2ccccc2)cc1. The molecular formula is C57H45NO2. The van der Waals surface area contributed by atoms with Crippen molar-refractivity contribution in [1.29, 1.82) is 0 Å². The topological polar surface area (TPSA) is 38.3 Å². The third-order valence-electron chi connectivity index (χ3n) is 10.5. The number of amides is 1. The maximum atomic E-state index is 15.4. The van der Waals surface area contributed by atoms with E-state index >= 15 is 4.79 Å². The standard InChI is InChI=1S/C57H45NO2/c1-41-33-35-48(36-34-41)51(42-21-9-3-10-22-42)52(43-23-11-4-12-24-43)53(44-25-13-5-14-26-44)54(45-27-15-6-16-28-45)55(46-29-17-7-18-30-46)56(47-31-19-8-20-32-47)57(59)58-49-37-39-50(60-2)40-38-49/h3-40H,1-2H3,(H,58,59)/b52-51-,54-53-,56-55-. The number of hydrogen-bond donors (Lipinski definition) is 1. The molecular weight excluding hydrogens is 731 g/mol. The number of methoxy groups -OCH3 is 1. The van der Waals surface area contributed by atoms with Crippen molar-refractivity contribution in [3.05, 3.63) is 275 Å². The van der Waals surface area contributed by atoms with Crippen molar-refractivity contribution >= 4 is 45.0 Å². The quantitative estimate of drug-likeness (QED) is 0.0762. The molecule has 0 saturated carbocycles. The predicted octanol–water partition coefficient (Wildman–Crippen LogP) is 13.8. The van der Waals surface area contributed by atoms with Gasteiger partial charge in [-0.15, -0.1) is 0 Å². The minimum atomic E-state index is -0.238. The van der Waals surface area contributed by atoms with Gasteiger partial charge in [-0.2, -0.15) is 0 Å². The summed E-state index contributed by atoms with van der Waals surface area (Å²) in [5.41, 5.74) is 14.0. The first-order valence-electron chi connectivity index (χ1n) is 20.2. The number of aryl methyl sites for hydroxylation is 1. The van der Waals surface area contributed by atoms with Crippen LogP contribution in [0.1, 0.15) is 44.5 Å². The summed E-state index contributed by atoms with van der Waals surface area (Å²) >= 11 is 0. The van der Waals surface area contributed by atoms with Crippen molar-refractivity contribution in [2.75, 3.05) is 12.4 Å². The Hall–Kier alpha value is -7.75. The fourth-order valence-electron chi connectivity index (χ4n) is 7.72. The Morgan fingerprint density at radius 3 is 1.07 bits per heavy atom. The monoisotopic (exact) mass is 775 g/mol. The summed E-state index contributed by atoms with van der Waals surface area (Å²) in [5.74, 6) is 0.472. The molecule has 0 aromatic heterocycles. The summed E-state index contributed by atoms with van der Waals surface area (Å²) in [6, 6.07) is 78.9. The molecule has 3 nitrogen and oxygen atoms in total. The van der Waals surface area contributed by atoms with Crippen LogP contribution in [0.25, 0.3) is 33.4 Å². The van der Waals surface area contributed by atoms with Gasteiger partial charge in [-0.25, -0.2) is 0 Å². The van der Waals surface area contributed by atoms with Crippen LogP contribution in [-0.4, -0.2) is 13.0 Å². The van der Waals surface area contributed by atoms with E-state index in [0.717, 1.165) is 66.8 Å². The molecule has 60 heavy (non-hydrogen) atoms. The number of hydrogen-bond acceptors (Lipinski definition) is 2. The summed E-state index contributed by atoms with van der Waals surface area (Å²) in [6.07, 6.45) is 0. The summed E-state index contributed by atoms with van der Waals surface area (Å²) < 4.78 is 5.45. The van der Waals surface area contributed by atoms with Crippen LogP contribution in [0, 0.1) is 6.92 Å². The van der Waals surface area contributed by atoms with Gasteiger partial charge in [0.25, 0.3) is 5.91 Å². The minimum Gasteiger partial charge on any atom is -0.497 e. The number of carbonyl (C=O) groups excluding carboxylic acids is 1. The van der Waals surface area contributed by atoms with E-state index in [2.05, 4.69) is 164 Å². The van der Waals surface area contributed by atoms with E-state index in [0.29, 0.717) is 17.0 Å². The fourth-order valence-corrected chi connectivity index (χ4v) is 7.72. The lowest BCUT2D eigenvalue weighted by Crippen LogP contribution is -2.16. The van der Waals surface area contributed by atoms with Crippen molar-refractivity contribution in [3.8, 4) is 5.75 Å². The zero-order valence-corrected chi connectivity index (χ0v) is 33.8. The van der Waals surface area contributed by atoms with Crippen molar-refractivity contribution in [1.82, 2.24) is 0 Å². The van der Waals surface area contributed by atoms with Crippen molar-refractivity contribution in [2.24, 2.45) is 0 Å². The number of allylic oxidation sites excluding steroid dienone is 4. The molecule has 1 amide bonds. The van der Waals surface area contributed by atoms with Crippen LogP contribution in [0.4, 0.5) is 5.69 Å². The number of ether oxygens (including phenoxy) is 1. The number of nitrogens with one attached hydrogen (secondary N) is 1. The lowest BCUT2D eigenvalue weighted by atomic mass is 9.76. The first-order chi connectivity index (χ1) is 29.6. The molecule has 0 saturated heterocycles. The van der Waals surface area contributed by atoms with Crippen LogP contribution in [0.15, 0.2) is 231 Å². The first-order valence-corrected chi connectivity index (χ1v) is 20.2.